The number of hydrogen-bond donors (Lipinski definition) is 1. The van der Waals surface area contributed by atoms with Crippen molar-refractivity contribution in [1.82, 2.24) is 0 Å². The monoisotopic (exact) mass is 144 g/mol. The highest BCUT2D eigenvalue weighted by Gasteiger charge is 2.04. The van der Waals surface area contributed by atoms with Crippen molar-refractivity contribution >= 4 is 5.97 Å². The fraction of sp³-hybridized carbons (Fsp3) is 0.571. The van der Waals surface area contributed by atoms with Crippen LogP contribution in [0.5, 0.6) is 0 Å². The van der Waals surface area contributed by atoms with Gasteiger partial charge in [-0.15, -0.1) is 0 Å². The van der Waals surface area contributed by atoms with Crippen LogP contribution in [0.3, 0.4) is 0 Å². The van der Waals surface area contributed by atoms with Gasteiger partial charge in [0, 0.05) is 6.92 Å². The van der Waals surface area contributed by atoms with Gasteiger partial charge in [0.1, 0.15) is 12.7 Å². The first-order valence-electron chi connectivity index (χ1n) is 3.01. The zero-order valence-electron chi connectivity index (χ0n) is 6.26. The van der Waals surface area contributed by atoms with Gasteiger partial charge in [0.2, 0.25) is 0 Å². The van der Waals surface area contributed by atoms with E-state index < -0.39 is 6.10 Å². The van der Waals surface area contributed by atoms with Crippen molar-refractivity contribution in [2.24, 2.45) is 0 Å². The van der Waals surface area contributed by atoms with E-state index in [1.165, 1.54) is 6.92 Å². The Morgan fingerprint density at radius 3 is 2.50 bits per heavy atom. The molecule has 0 aliphatic heterocycles. The summed E-state index contributed by atoms with van der Waals surface area (Å²) in [6.07, 6.45) is -0.733. The molecule has 0 aromatic rings. The van der Waals surface area contributed by atoms with Crippen molar-refractivity contribution in [1.29, 1.82) is 0 Å². The molecule has 0 aromatic heterocycles. The molecule has 1 unspecified atom stereocenters. The van der Waals surface area contributed by atoms with Gasteiger partial charge in [0.05, 0.1) is 0 Å². The van der Waals surface area contributed by atoms with Crippen molar-refractivity contribution in [3.05, 3.63) is 12.2 Å². The highest BCUT2D eigenvalue weighted by molar-refractivity contribution is 5.65. The predicted octanol–water partition coefficient (Wildman–Crippen LogP) is 0.486. The number of carbonyl (C=O) groups excluding carboxylic acids is 1. The number of aliphatic hydroxyl groups is 1. The molecule has 1 N–H and O–H groups in total. The molecule has 3 nitrogen and oxygen atoms in total. The minimum atomic E-state index is -0.733. The van der Waals surface area contributed by atoms with Crippen LogP contribution < -0.4 is 0 Å². The van der Waals surface area contributed by atoms with Crippen LogP contribution in [0.25, 0.3) is 0 Å². The fourth-order valence-electron chi connectivity index (χ4n) is 0.339. The average Bonchev–Trinajstić information content (AvgIpc) is 1.82. The van der Waals surface area contributed by atoms with Crippen LogP contribution in [0.4, 0.5) is 0 Å². The molecule has 0 spiro atoms. The van der Waals surface area contributed by atoms with E-state index in [4.69, 9.17) is 5.11 Å². The van der Waals surface area contributed by atoms with Gasteiger partial charge in [-0.2, -0.15) is 0 Å². The van der Waals surface area contributed by atoms with Gasteiger partial charge in [0.15, 0.2) is 0 Å². The maximum atomic E-state index is 10.2. The minimum absolute atomic E-state index is 0.00463. The second-order valence-electron chi connectivity index (χ2n) is 2.16. The SMILES string of the molecule is C=C(C)C(O)COC(C)=O. The van der Waals surface area contributed by atoms with Gasteiger partial charge >= 0.3 is 5.97 Å². The molecule has 0 aliphatic carbocycles. The second kappa shape index (κ2) is 4.06. The molecule has 3 heteroatoms. The van der Waals surface area contributed by atoms with E-state index >= 15 is 0 Å². The summed E-state index contributed by atoms with van der Waals surface area (Å²) in [5.74, 6) is -0.389. The average molecular weight is 144 g/mol. The maximum absolute atomic E-state index is 10.2. The molecule has 1 atom stereocenters. The minimum Gasteiger partial charge on any atom is -0.463 e. The summed E-state index contributed by atoms with van der Waals surface area (Å²) in [5, 5.41) is 9.00. The lowest BCUT2D eigenvalue weighted by Gasteiger charge is -2.08. The largest absolute Gasteiger partial charge is 0.463 e. The highest BCUT2D eigenvalue weighted by Crippen LogP contribution is 1.97. The van der Waals surface area contributed by atoms with Gasteiger partial charge in [-0.25, -0.2) is 0 Å². The van der Waals surface area contributed by atoms with Crippen molar-refractivity contribution in [2.75, 3.05) is 6.61 Å². The molecule has 0 saturated heterocycles. The summed E-state index contributed by atoms with van der Waals surface area (Å²) in [4.78, 5) is 10.2. The summed E-state index contributed by atoms with van der Waals surface area (Å²) >= 11 is 0. The summed E-state index contributed by atoms with van der Waals surface area (Å²) in [7, 11) is 0. The van der Waals surface area contributed by atoms with E-state index in [0.717, 1.165) is 0 Å². The first-order valence-corrected chi connectivity index (χ1v) is 3.01. The van der Waals surface area contributed by atoms with Crippen LogP contribution >= 0.6 is 0 Å². The highest BCUT2D eigenvalue weighted by atomic mass is 16.5. The van der Waals surface area contributed by atoms with Gasteiger partial charge < -0.3 is 9.84 Å². The molecular weight excluding hydrogens is 132 g/mol. The summed E-state index contributed by atoms with van der Waals surface area (Å²) < 4.78 is 4.52. The summed E-state index contributed by atoms with van der Waals surface area (Å²) in [6, 6.07) is 0. The Kier molecular flexibility index (Phi) is 3.72. The third-order valence-electron chi connectivity index (χ3n) is 1.01. The third kappa shape index (κ3) is 4.09. The first kappa shape index (κ1) is 9.17. The van der Waals surface area contributed by atoms with E-state index in [-0.39, 0.29) is 12.6 Å². The number of hydrogen-bond acceptors (Lipinski definition) is 3. The van der Waals surface area contributed by atoms with Crippen LogP contribution in [0.1, 0.15) is 13.8 Å². The number of ether oxygens (including phenoxy) is 1. The standard InChI is InChI=1S/C7H12O3/c1-5(2)7(9)4-10-6(3)8/h7,9H,1,4H2,2-3H3. The summed E-state index contributed by atoms with van der Waals surface area (Å²) in [5.41, 5.74) is 0.598. The Bertz CT molecular complexity index is 140. The zero-order chi connectivity index (χ0) is 8.15. The van der Waals surface area contributed by atoms with Crippen LogP contribution in [-0.2, 0) is 9.53 Å². The molecule has 0 rings (SSSR count). The topological polar surface area (TPSA) is 46.5 Å². The molecule has 0 fully saturated rings. The zero-order valence-corrected chi connectivity index (χ0v) is 6.26. The number of carbonyl (C=O) groups is 1. The molecule has 0 saturated carbocycles. The van der Waals surface area contributed by atoms with Gasteiger partial charge in [-0.1, -0.05) is 6.58 Å². The normalized spacial score (nSPS) is 12.3. The van der Waals surface area contributed by atoms with E-state index in [9.17, 15) is 4.79 Å². The van der Waals surface area contributed by atoms with Crippen LogP contribution in [0.15, 0.2) is 12.2 Å². The molecule has 10 heavy (non-hydrogen) atoms. The fourth-order valence-corrected chi connectivity index (χ4v) is 0.339. The molecule has 0 bridgehead atoms. The van der Waals surface area contributed by atoms with Gasteiger partial charge in [0.25, 0.3) is 0 Å². The molecule has 0 aromatic carbocycles. The van der Waals surface area contributed by atoms with Crippen LogP contribution in [0, 0.1) is 0 Å². The number of esters is 1. The third-order valence-corrected chi connectivity index (χ3v) is 1.01. The smallest absolute Gasteiger partial charge is 0.302 e. The second-order valence-corrected chi connectivity index (χ2v) is 2.16. The molecule has 0 aliphatic rings. The van der Waals surface area contributed by atoms with Gasteiger partial charge in [-0.3, -0.25) is 4.79 Å². The molecular formula is C7H12O3. The Labute approximate surface area is 60.3 Å². The van der Waals surface area contributed by atoms with E-state index in [2.05, 4.69) is 11.3 Å². The van der Waals surface area contributed by atoms with E-state index in [1.807, 2.05) is 0 Å². The van der Waals surface area contributed by atoms with Gasteiger partial charge in [-0.05, 0) is 12.5 Å². The molecule has 58 valence electrons. The Morgan fingerprint density at radius 1 is 1.70 bits per heavy atom. The van der Waals surface area contributed by atoms with Crippen LogP contribution in [-0.4, -0.2) is 23.8 Å². The molecule has 0 radical (unpaired) electrons. The predicted molar refractivity (Wildman–Crippen MR) is 37.5 cm³/mol. The molecule has 0 heterocycles. The lowest BCUT2D eigenvalue weighted by molar-refractivity contribution is -0.143. The maximum Gasteiger partial charge on any atom is 0.302 e. The number of aliphatic hydroxyl groups excluding tert-OH is 1. The van der Waals surface area contributed by atoms with Crippen LogP contribution in [0.2, 0.25) is 0 Å². The lowest BCUT2D eigenvalue weighted by Crippen LogP contribution is -2.17. The Hall–Kier alpha value is -0.830. The summed E-state index contributed by atoms with van der Waals surface area (Å²) in [6.45, 7) is 6.47. The van der Waals surface area contributed by atoms with E-state index in [0.29, 0.717) is 5.57 Å². The van der Waals surface area contributed by atoms with Crippen molar-refractivity contribution < 1.29 is 14.6 Å². The number of rotatable bonds is 3. The van der Waals surface area contributed by atoms with E-state index in [1.54, 1.807) is 6.92 Å². The quantitative estimate of drug-likeness (QED) is 0.463. The molecule has 0 amide bonds. The van der Waals surface area contributed by atoms with Crippen molar-refractivity contribution in [2.45, 2.75) is 20.0 Å². The Balaban J connectivity index is 3.49. The Morgan fingerprint density at radius 2 is 2.20 bits per heavy atom. The van der Waals surface area contributed by atoms with Crippen molar-refractivity contribution in [3.63, 3.8) is 0 Å². The van der Waals surface area contributed by atoms with Crippen molar-refractivity contribution in [3.8, 4) is 0 Å². The lowest BCUT2D eigenvalue weighted by atomic mass is 10.2. The first-order chi connectivity index (χ1) is 4.54.